The first kappa shape index (κ1) is 16.9. The molecule has 0 heterocycles. The Bertz CT molecular complexity index is 168. The van der Waals surface area contributed by atoms with Crippen molar-refractivity contribution >= 4 is 6.21 Å². The second-order valence-corrected chi connectivity index (χ2v) is 4.86. The van der Waals surface area contributed by atoms with Gasteiger partial charge in [0.1, 0.15) is 0 Å². The molecule has 0 aliphatic carbocycles. The first-order valence-corrected chi connectivity index (χ1v) is 5.10. The molecular formula is C11H22F3N. The van der Waals surface area contributed by atoms with Crippen molar-refractivity contribution < 1.29 is 13.2 Å². The Hall–Kier alpha value is -0.540. The third kappa shape index (κ3) is 9.76. The highest BCUT2D eigenvalue weighted by atomic mass is 19.4. The number of rotatable bonds is 3. The van der Waals surface area contributed by atoms with Gasteiger partial charge in [0.2, 0.25) is 0 Å². The van der Waals surface area contributed by atoms with E-state index >= 15 is 0 Å². The third-order valence-corrected chi connectivity index (χ3v) is 1.68. The minimum absolute atomic E-state index is 0.0139. The van der Waals surface area contributed by atoms with Crippen LogP contribution in [0.4, 0.5) is 13.2 Å². The van der Waals surface area contributed by atoms with E-state index in [1.807, 2.05) is 0 Å². The fraction of sp³-hybridized carbons (Fsp3) is 0.909. The summed E-state index contributed by atoms with van der Waals surface area (Å²) in [6.45, 7) is 8.80. The molecule has 0 unspecified atom stereocenters. The highest BCUT2D eigenvalue weighted by Gasteiger charge is 2.46. The maximum Gasteiger partial charge on any atom is 0.393 e. The number of alkyl halides is 3. The van der Waals surface area contributed by atoms with Gasteiger partial charge >= 0.3 is 6.18 Å². The number of nitrogens with one attached hydrogen (secondary N) is 1. The lowest BCUT2D eigenvalue weighted by atomic mass is 9.87. The second-order valence-electron chi connectivity index (χ2n) is 4.86. The van der Waals surface area contributed by atoms with E-state index in [1.165, 1.54) is 0 Å². The van der Waals surface area contributed by atoms with Crippen molar-refractivity contribution in [1.82, 2.24) is 0 Å². The summed E-state index contributed by atoms with van der Waals surface area (Å²) in [6.07, 6.45) is -2.98. The van der Waals surface area contributed by atoms with E-state index in [0.717, 1.165) is 26.0 Å². The molecule has 0 aromatic carbocycles. The lowest BCUT2D eigenvalue weighted by molar-refractivity contribution is -0.212. The van der Waals surface area contributed by atoms with Gasteiger partial charge in [0.05, 0.1) is 5.41 Å². The van der Waals surface area contributed by atoms with E-state index in [4.69, 9.17) is 5.41 Å². The number of hydrogen-bond donors (Lipinski definition) is 1. The van der Waals surface area contributed by atoms with E-state index in [0.29, 0.717) is 0 Å². The second kappa shape index (κ2) is 6.85. The highest BCUT2D eigenvalue weighted by Crippen LogP contribution is 2.40. The molecule has 0 radical (unpaired) electrons. The van der Waals surface area contributed by atoms with Crippen LogP contribution < -0.4 is 0 Å². The normalized spacial score (nSPS) is 12.1. The predicted molar refractivity (Wildman–Crippen MR) is 58.4 cm³/mol. The fourth-order valence-corrected chi connectivity index (χ4v) is 0.575. The monoisotopic (exact) mass is 225 g/mol. The summed E-state index contributed by atoms with van der Waals surface area (Å²) >= 11 is 0. The van der Waals surface area contributed by atoms with Gasteiger partial charge in [0.25, 0.3) is 0 Å². The topological polar surface area (TPSA) is 23.9 Å². The van der Waals surface area contributed by atoms with Gasteiger partial charge in [-0.25, -0.2) is 0 Å². The van der Waals surface area contributed by atoms with Crippen LogP contribution in [0.1, 0.15) is 47.5 Å². The van der Waals surface area contributed by atoms with Gasteiger partial charge in [-0.05, 0) is 25.0 Å². The molecule has 1 N–H and O–H groups in total. The zero-order chi connectivity index (χ0) is 12.7. The summed E-state index contributed by atoms with van der Waals surface area (Å²) in [5.41, 5.74) is -1.66. The van der Waals surface area contributed by atoms with Crippen LogP contribution in [-0.4, -0.2) is 12.4 Å². The van der Waals surface area contributed by atoms with Gasteiger partial charge in [-0.3, -0.25) is 0 Å². The van der Waals surface area contributed by atoms with Gasteiger partial charge in [-0.1, -0.05) is 34.6 Å². The van der Waals surface area contributed by atoms with Crippen molar-refractivity contribution in [2.75, 3.05) is 0 Å². The molecule has 0 atom stereocenters. The van der Waals surface area contributed by atoms with Crippen LogP contribution >= 0.6 is 0 Å². The van der Waals surface area contributed by atoms with E-state index in [-0.39, 0.29) is 12.8 Å². The van der Waals surface area contributed by atoms with Crippen LogP contribution in [0.15, 0.2) is 0 Å². The van der Waals surface area contributed by atoms with Crippen LogP contribution in [0.2, 0.25) is 0 Å². The Morgan fingerprint density at radius 1 is 1.13 bits per heavy atom. The summed E-state index contributed by atoms with van der Waals surface area (Å²) in [5.74, 6) is 0.833. The zero-order valence-corrected chi connectivity index (χ0v) is 10.2. The standard InChI is InChI=1S/C7H12F3N.C4H10/c1-6(2,4-3-5-11)7(8,9)10;1-4(2)3/h5,11H,3-4H2,1-2H3;4H,1-3H3. The third-order valence-electron chi connectivity index (χ3n) is 1.68. The quantitative estimate of drug-likeness (QED) is 0.675. The van der Waals surface area contributed by atoms with Crippen molar-refractivity contribution in [2.45, 2.75) is 53.6 Å². The van der Waals surface area contributed by atoms with Crippen LogP contribution in [0.3, 0.4) is 0 Å². The molecule has 0 aliphatic heterocycles. The van der Waals surface area contributed by atoms with E-state index in [1.54, 1.807) is 0 Å². The van der Waals surface area contributed by atoms with Crippen molar-refractivity contribution in [3.05, 3.63) is 0 Å². The molecule has 0 aromatic heterocycles. The summed E-state index contributed by atoms with van der Waals surface area (Å²) in [5, 5.41) is 6.59. The van der Waals surface area contributed by atoms with E-state index in [2.05, 4.69) is 20.8 Å². The molecule has 1 nitrogen and oxygen atoms in total. The first-order valence-electron chi connectivity index (χ1n) is 5.10. The lowest BCUT2D eigenvalue weighted by Gasteiger charge is -2.26. The Labute approximate surface area is 90.6 Å². The predicted octanol–water partition coefficient (Wildman–Crippen LogP) is 4.67. The number of halogens is 3. The molecule has 0 amide bonds. The SMILES string of the molecule is CC(C)(CCC=N)C(F)(F)F.CC(C)C. The molecule has 92 valence electrons. The van der Waals surface area contributed by atoms with Crippen molar-refractivity contribution in [3.8, 4) is 0 Å². The molecule has 0 fully saturated rings. The lowest BCUT2D eigenvalue weighted by Crippen LogP contribution is -2.31. The Morgan fingerprint density at radius 3 is 1.67 bits per heavy atom. The van der Waals surface area contributed by atoms with Gasteiger partial charge in [0, 0.05) is 0 Å². The summed E-state index contributed by atoms with van der Waals surface area (Å²) in [6, 6.07) is 0. The zero-order valence-electron chi connectivity index (χ0n) is 10.2. The van der Waals surface area contributed by atoms with Crippen molar-refractivity contribution in [3.63, 3.8) is 0 Å². The molecule has 0 aromatic rings. The fourth-order valence-electron chi connectivity index (χ4n) is 0.575. The average Bonchev–Trinajstić information content (AvgIpc) is 1.97. The molecule has 0 saturated carbocycles. The minimum atomic E-state index is -4.16. The Balaban J connectivity index is 0. The first-order chi connectivity index (χ1) is 6.54. The molecular weight excluding hydrogens is 203 g/mol. The average molecular weight is 225 g/mol. The van der Waals surface area contributed by atoms with Crippen LogP contribution in [0.5, 0.6) is 0 Å². The molecule has 0 spiro atoms. The van der Waals surface area contributed by atoms with Crippen LogP contribution in [0, 0.1) is 16.7 Å². The Morgan fingerprint density at radius 2 is 1.47 bits per heavy atom. The minimum Gasteiger partial charge on any atom is -0.313 e. The summed E-state index contributed by atoms with van der Waals surface area (Å²) < 4.78 is 36.2. The van der Waals surface area contributed by atoms with Crippen LogP contribution in [-0.2, 0) is 0 Å². The Kier molecular flexibility index (Phi) is 7.71. The van der Waals surface area contributed by atoms with E-state index < -0.39 is 11.6 Å². The summed E-state index contributed by atoms with van der Waals surface area (Å²) in [4.78, 5) is 0. The highest BCUT2D eigenvalue weighted by molar-refractivity contribution is 5.52. The van der Waals surface area contributed by atoms with E-state index in [9.17, 15) is 13.2 Å². The molecule has 0 bridgehead atoms. The molecule has 15 heavy (non-hydrogen) atoms. The van der Waals surface area contributed by atoms with Gasteiger partial charge in [-0.2, -0.15) is 13.2 Å². The van der Waals surface area contributed by atoms with Crippen molar-refractivity contribution in [1.29, 1.82) is 5.41 Å². The maximum atomic E-state index is 12.1. The molecule has 4 heteroatoms. The van der Waals surface area contributed by atoms with Crippen LogP contribution in [0.25, 0.3) is 0 Å². The number of hydrogen-bond acceptors (Lipinski definition) is 1. The van der Waals surface area contributed by atoms with Gasteiger partial charge in [0.15, 0.2) is 0 Å². The largest absolute Gasteiger partial charge is 0.393 e. The summed E-state index contributed by atoms with van der Waals surface area (Å²) in [7, 11) is 0. The van der Waals surface area contributed by atoms with Gasteiger partial charge < -0.3 is 5.41 Å². The smallest absolute Gasteiger partial charge is 0.313 e. The van der Waals surface area contributed by atoms with Crippen molar-refractivity contribution in [2.24, 2.45) is 11.3 Å². The maximum absolute atomic E-state index is 12.1. The molecule has 0 saturated heterocycles. The molecule has 0 rings (SSSR count). The molecule has 0 aliphatic rings. The van der Waals surface area contributed by atoms with Gasteiger partial charge in [-0.15, -0.1) is 0 Å².